The molecule has 2 nitrogen and oxygen atoms in total. The average Bonchev–Trinajstić information content (AvgIpc) is 2.48. The van der Waals surface area contributed by atoms with Crippen molar-refractivity contribution in [1.82, 2.24) is 5.32 Å². The number of ether oxygens (including phenoxy) is 1. The number of halogens is 3. The van der Waals surface area contributed by atoms with Crippen molar-refractivity contribution >= 4 is 47.8 Å². The van der Waals surface area contributed by atoms with Crippen LogP contribution in [0.25, 0.3) is 0 Å². The van der Waals surface area contributed by atoms with E-state index in [9.17, 15) is 0 Å². The molecule has 0 aliphatic carbocycles. The minimum absolute atomic E-state index is 0.0601. The van der Waals surface area contributed by atoms with Gasteiger partial charge in [0.1, 0.15) is 5.75 Å². The first-order chi connectivity index (χ1) is 10.1. The van der Waals surface area contributed by atoms with Crippen molar-refractivity contribution in [2.45, 2.75) is 13.0 Å². The Morgan fingerprint density at radius 2 is 1.67 bits per heavy atom. The highest BCUT2D eigenvalue weighted by Crippen LogP contribution is 2.36. The standard InChI is InChI=1S/C16H16Br3NO/c1-3-20-16(13-8-10(17)5-7-14(13)19)12-6-4-11(18)9-15(12)21-2/h4-9,16,20H,3H2,1-2H3. The Morgan fingerprint density at radius 1 is 1.00 bits per heavy atom. The molecule has 0 aliphatic heterocycles. The van der Waals surface area contributed by atoms with Crippen molar-refractivity contribution in [1.29, 1.82) is 0 Å². The molecule has 2 aromatic rings. The molecular weight excluding hydrogens is 462 g/mol. The normalized spacial score (nSPS) is 12.2. The molecule has 21 heavy (non-hydrogen) atoms. The van der Waals surface area contributed by atoms with Gasteiger partial charge in [0.2, 0.25) is 0 Å². The molecule has 1 N–H and O–H groups in total. The summed E-state index contributed by atoms with van der Waals surface area (Å²) in [4.78, 5) is 0. The van der Waals surface area contributed by atoms with Gasteiger partial charge in [0.05, 0.1) is 13.2 Å². The molecule has 112 valence electrons. The van der Waals surface area contributed by atoms with E-state index in [1.54, 1.807) is 7.11 Å². The van der Waals surface area contributed by atoms with Gasteiger partial charge in [-0.2, -0.15) is 0 Å². The molecule has 0 radical (unpaired) electrons. The molecule has 1 atom stereocenters. The minimum Gasteiger partial charge on any atom is -0.496 e. The van der Waals surface area contributed by atoms with Crippen LogP contribution >= 0.6 is 47.8 Å². The molecule has 0 fully saturated rings. The lowest BCUT2D eigenvalue weighted by atomic mass is 9.98. The molecule has 0 bridgehead atoms. The maximum Gasteiger partial charge on any atom is 0.125 e. The van der Waals surface area contributed by atoms with Crippen LogP contribution in [0.3, 0.4) is 0 Å². The predicted molar refractivity (Wildman–Crippen MR) is 98.1 cm³/mol. The molecule has 0 aromatic heterocycles. The molecule has 0 amide bonds. The summed E-state index contributed by atoms with van der Waals surface area (Å²) in [5.41, 5.74) is 2.29. The maximum absolute atomic E-state index is 5.55. The third kappa shape index (κ3) is 4.09. The molecule has 0 aliphatic rings. The van der Waals surface area contributed by atoms with E-state index in [1.807, 2.05) is 18.2 Å². The van der Waals surface area contributed by atoms with E-state index in [0.717, 1.165) is 31.3 Å². The summed E-state index contributed by atoms with van der Waals surface area (Å²) in [6, 6.07) is 12.4. The summed E-state index contributed by atoms with van der Waals surface area (Å²) in [7, 11) is 1.70. The van der Waals surface area contributed by atoms with Crippen molar-refractivity contribution in [3.05, 3.63) is 60.9 Å². The van der Waals surface area contributed by atoms with E-state index in [2.05, 4.69) is 78.2 Å². The summed E-state index contributed by atoms with van der Waals surface area (Å²) in [6.45, 7) is 2.97. The second kappa shape index (κ2) is 7.77. The molecule has 0 heterocycles. The lowest BCUT2D eigenvalue weighted by Gasteiger charge is -2.23. The van der Waals surface area contributed by atoms with Crippen LogP contribution in [0.4, 0.5) is 0 Å². The molecule has 5 heteroatoms. The maximum atomic E-state index is 5.55. The van der Waals surface area contributed by atoms with E-state index < -0.39 is 0 Å². The van der Waals surface area contributed by atoms with Crippen LogP contribution < -0.4 is 10.1 Å². The first-order valence-electron chi connectivity index (χ1n) is 6.58. The second-order valence-corrected chi connectivity index (χ2v) is 7.23. The van der Waals surface area contributed by atoms with E-state index in [4.69, 9.17) is 4.74 Å². The Balaban J connectivity index is 2.55. The van der Waals surface area contributed by atoms with E-state index in [0.29, 0.717) is 0 Å². The van der Waals surface area contributed by atoms with Crippen LogP contribution in [0.5, 0.6) is 5.75 Å². The van der Waals surface area contributed by atoms with Crippen molar-refractivity contribution in [2.24, 2.45) is 0 Å². The summed E-state index contributed by atoms with van der Waals surface area (Å²) in [5, 5.41) is 3.53. The quantitative estimate of drug-likeness (QED) is 0.598. The zero-order chi connectivity index (χ0) is 15.4. The third-order valence-corrected chi connectivity index (χ3v) is 4.89. The van der Waals surface area contributed by atoms with Gasteiger partial charge in [0, 0.05) is 19.0 Å². The molecule has 2 aromatic carbocycles. The van der Waals surface area contributed by atoms with Crippen LogP contribution in [-0.4, -0.2) is 13.7 Å². The fourth-order valence-electron chi connectivity index (χ4n) is 2.25. The first kappa shape index (κ1) is 17.0. The van der Waals surface area contributed by atoms with Gasteiger partial charge in [0.25, 0.3) is 0 Å². The zero-order valence-electron chi connectivity index (χ0n) is 11.8. The van der Waals surface area contributed by atoms with Crippen molar-refractivity contribution in [3.63, 3.8) is 0 Å². The highest BCUT2D eigenvalue weighted by molar-refractivity contribution is 9.11. The Morgan fingerprint density at radius 3 is 2.33 bits per heavy atom. The average molecular weight is 478 g/mol. The van der Waals surface area contributed by atoms with Gasteiger partial charge in [-0.05, 0) is 42.4 Å². The van der Waals surface area contributed by atoms with Gasteiger partial charge in [-0.1, -0.05) is 60.8 Å². The van der Waals surface area contributed by atoms with E-state index in [-0.39, 0.29) is 6.04 Å². The largest absolute Gasteiger partial charge is 0.496 e. The second-order valence-electron chi connectivity index (χ2n) is 4.54. The van der Waals surface area contributed by atoms with Gasteiger partial charge in [-0.3, -0.25) is 0 Å². The third-order valence-electron chi connectivity index (χ3n) is 3.18. The van der Waals surface area contributed by atoms with Crippen molar-refractivity contribution < 1.29 is 4.74 Å². The lowest BCUT2D eigenvalue weighted by Crippen LogP contribution is -2.23. The monoisotopic (exact) mass is 475 g/mol. The smallest absolute Gasteiger partial charge is 0.125 e. The van der Waals surface area contributed by atoms with Crippen LogP contribution in [-0.2, 0) is 0 Å². The van der Waals surface area contributed by atoms with Crippen LogP contribution in [0.1, 0.15) is 24.1 Å². The predicted octanol–water partition coefficient (Wildman–Crippen LogP) is 5.68. The lowest BCUT2D eigenvalue weighted by molar-refractivity contribution is 0.404. The highest BCUT2D eigenvalue weighted by atomic mass is 79.9. The van der Waals surface area contributed by atoms with Gasteiger partial charge < -0.3 is 10.1 Å². The van der Waals surface area contributed by atoms with E-state index >= 15 is 0 Å². The van der Waals surface area contributed by atoms with Crippen molar-refractivity contribution in [3.8, 4) is 5.75 Å². The summed E-state index contributed by atoms with van der Waals surface area (Å²) < 4.78 is 8.68. The number of nitrogens with one attached hydrogen (secondary N) is 1. The summed E-state index contributed by atoms with van der Waals surface area (Å²) >= 11 is 10.7. The molecule has 0 saturated heterocycles. The van der Waals surface area contributed by atoms with E-state index in [1.165, 1.54) is 5.56 Å². The molecule has 2 rings (SSSR count). The highest BCUT2D eigenvalue weighted by Gasteiger charge is 2.20. The summed E-state index contributed by atoms with van der Waals surface area (Å²) in [5.74, 6) is 0.863. The van der Waals surface area contributed by atoms with Crippen molar-refractivity contribution in [2.75, 3.05) is 13.7 Å². The Hall–Kier alpha value is -0.360. The Labute approximate surface area is 150 Å². The fourth-order valence-corrected chi connectivity index (χ4v) is 3.45. The van der Waals surface area contributed by atoms with Crippen LogP contribution in [0.15, 0.2) is 49.8 Å². The number of rotatable bonds is 5. The minimum atomic E-state index is 0.0601. The van der Waals surface area contributed by atoms with Gasteiger partial charge in [0.15, 0.2) is 0 Å². The number of methoxy groups -OCH3 is 1. The Kier molecular flexibility index (Phi) is 6.29. The van der Waals surface area contributed by atoms with Gasteiger partial charge in [-0.15, -0.1) is 0 Å². The zero-order valence-corrected chi connectivity index (χ0v) is 16.5. The molecule has 0 spiro atoms. The molecule has 0 saturated carbocycles. The Bertz CT molecular complexity index is 631. The van der Waals surface area contributed by atoms with Crippen LogP contribution in [0, 0.1) is 0 Å². The molecular formula is C16H16Br3NO. The SMILES string of the molecule is CCNC(c1cc(Br)ccc1Br)c1ccc(Br)cc1OC. The van der Waals surface area contributed by atoms with Gasteiger partial charge in [-0.25, -0.2) is 0 Å². The number of hydrogen-bond acceptors (Lipinski definition) is 2. The topological polar surface area (TPSA) is 21.3 Å². The number of hydrogen-bond donors (Lipinski definition) is 1. The molecule has 1 unspecified atom stereocenters. The first-order valence-corrected chi connectivity index (χ1v) is 8.96. The number of benzene rings is 2. The fraction of sp³-hybridized carbons (Fsp3) is 0.250. The van der Waals surface area contributed by atoms with Gasteiger partial charge >= 0.3 is 0 Å². The summed E-state index contributed by atoms with van der Waals surface area (Å²) in [6.07, 6.45) is 0. The van der Waals surface area contributed by atoms with Crippen LogP contribution in [0.2, 0.25) is 0 Å².